The van der Waals surface area contributed by atoms with E-state index in [1.54, 1.807) is 18.2 Å². The highest BCUT2D eigenvalue weighted by Gasteiger charge is 2.39. The Balaban J connectivity index is 3.03. The minimum Gasteiger partial charge on any atom is -0.366 e. The number of alkyl halides is 1. The van der Waals surface area contributed by atoms with E-state index in [1.807, 2.05) is 0 Å². The molecule has 0 aliphatic carbocycles. The molecule has 0 aliphatic rings. The van der Waals surface area contributed by atoms with E-state index in [0.717, 1.165) is 6.92 Å². The number of amides is 1. The number of primary amides is 1. The number of benzene rings is 1. The van der Waals surface area contributed by atoms with Crippen LogP contribution in [0.2, 0.25) is 0 Å². The molecule has 0 saturated heterocycles. The van der Waals surface area contributed by atoms with Crippen molar-refractivity contribution in [1.29, 1.82) is 0 Å². The lowest BCUT2D eigenvalue weighted by atomic mass is 9.96. The summed E-state index contributed by atoms with van der Waals surface area (Å²) in [7, 11) is 0. The fourth-order valence-corrected chi connectivity index (χ4v) is 0.972. The molecule has 0 fully saturated rings. The van der Waals surface area contributed by atoms with Gasteiger partial charge in [-0.15, -0.1) is 0 Å². The van der Waals surface area contributed by atoms with Gasteiger partial charge in [-0.2, -0.15) is 0 Å². The average molecular weight is 195 g/mol. The first-order chi connectivity index (χ1) is 6.46. The smallest absolute Gasteiger partial charge is 0.263 e. The van der Waals surface area contributed by atoms with Crippen LogP contribution in [0.4, 0.5) is 4.39 Å². The van der Waals surface area contributed by atoms with E-state index in [-0.39, 0.29) is 5.56 Å². The molecule has 1 rings (SSSR count). The first-order valence-electron chi connectivity index (χ1n) is 4.05. The third kappa shape index (κ3) is 1.79. The summed E-state index contributed by atoms with van der Waals surface area (Å²) in [4.78, 5) is 22.1. The SMILES string of the molecule is CC(F)(C(N)=O)C(=O)c1ccccc1. The number of carbonyl (C=O) groups excluding carboxylic acids is 2. The Morgan fingerprint density at radius 2 is 1.79 bits per heavy atom. The number of nitrogens with two attached hydrogens (primary N) is 1. The highest BCUT2D eigenvalue weighted by Crippen LogP contribution is 2.16. The molecule has 4 heteroatoms. The van der Waals surface area contributed by atoms with Crippen LogP contribution in [-0.4, -0.2) is 17.4 Å². The van der Waals surface area contributed by atoms with Crippen LogP contribution in [0.5, 0.6) is 0 Å². The molecule has 2 N–H and O–H groups in total. The molecule has 0 heterocycles. The van der Waals surface area contributed by atoms with Crippen molar-refractivity contribution in [2.24, 2.45) is 5.73 Å². The predicted octanol–water partition coefficient (Wildman–Crippen LogP) is 1.08. The topological polar surface area (TPSA) is 60.2 Å². The molecule has 0 radical (unpaired) electrons. The van der Waals surface area contributed by atoms with Gasteiger partial charge in [-0.25, -0.2) is 4.39 Å². The predicted molar refractivity (Wildman–Crippen MR) is 49.5 cm³/mol. The zero-order chi connectivity index (χ0) is 10.8. The van der Waals surface area contributed by atoms with Crippen LogP contribution in [0.15, 0.2) is 30.3 Å². The fourth-order valence-electron chi connectivity index (χ4n) is 0.972. The maximum Gasteiger partial charge on any atom is 0.263 e. The third-order valence-electron chi connectivity index (χ3n) is 1.93. The van der Waals surface area contributed by atoms with E-state index < -0.39 is 17.4 Å². The van der Waals surface area contributed by atoms with Crippen molar-refractivity contribution in [2.75, 3.05) is 0 Å². The Bertz CT molecular complexity index is 360. The molecule has 0 aliphatic heterocycles. The first-order valence-corrected chi connectivity index (χ1v) is 4.05. The Morgan fingerprint density at radius 1 is 1.29 bits per heavy atom. The van der Waals surface area contributed by atoms with E-state index in [0.29, 0.717) is 0 Å². The fraction of sp³-hybridized carbons (Fsp3) is 0.200. The van der Waals surface area contributed by atoms with Gasteiger partial charge in [0.05, 0.1) is 0 Å². The summed E-state index contributed by atoms with van der Waals surface area (Å²) in [6, 6.07) is 7.73. The maximum atomic E-state index is 13.5. The molecule has 0 aromatic heterocycles. The summed E-state index contributed by atoms with van der Waals surface area (Å²) in [5.74, 6) is -2.18. The Kier molecular flexibility index (Phi) is 2.65. The first kappa shape index (κ1) is 10.4. The summed E-state index contributed by atoms with van der Waals surface area (Å²) < 4.78 is 13.5. The van der Waals surface area contributed by atoms with Gasteiger partial charge < -0.3 is 5.73 Å². The van der Waals surface area contributed by atoms with Crippen LogP contribution in [0.25, 0.3) is 0 Å². The van der Waals surface area contributed by atoms with Gasteiger partial charge in [-0.05, 0) is 6.92 Å². The number of carbonyl (C=O) groups is 2. The Hall–Kier alpha value is -1.71. The normalized spacial score (nSPS) is 14.4. The van der Waals surface area contributed by atoms with Crippen molar-refractivity contribution in [1.82, 2.24) is 0 Å². The molecule has 1 aromatic carbocycles. The van der Waals surface area contributed by atoms with Crippen LogP contribution in [0.1, 0.15) is 17.3 Å². The van der Waals surface area contributed by atoms with Crippen LogP contribution in [-0.2, 0) is 4.79 Å². The second-order valence-corrected chi connectivity index (χ2v) is 3.06. The molecule has 1 amide bonds. The Morgan fingerprint density at radius 3 is 2.21 bits per heavy atom. The summed E-state index contributed by atoms with van der Waals surface area (Å²) in [5.41, 5.74) is 2.27. The van der Waals surface area contributed by atoms with Crippen molar-refractivity contribution in [3.05, 3.63) is 35.9 Å². The largest absolute Gasteiger partial charge is 0.366 e. The summed E-state index contributed by atoms with van der Waals surface area (Å²) in [6.07, 6.45) is 0. The molecular weight excluding hydrogens is 185 g/mol. The molecule has 1 unspecified atom stereocenters. The van der Waals surface area contributed by atoms with Gasteiger partial charge >= 0.3 is 0 Å². The number of ketones is 1. The van der Waals surface area contributed by atoms with Crippen LogP contribution in [0, 0.1) is 0 Å². The van der Waals surface area contributed by atoms with Gasteiger partial charge in [0.15, 0.2) is 0 Å². The van der Waals surface area contributed by atoms with Crippen LogP contribution < -0.4 is 5.73 Å². The summed E-state index contributed by atoms with van der Waals surface area (Å²) in [5, 5.41) is 0. The second kappa shape index (κ2) is 3.57. The lowest BCUT2D eigenvalue weighted by Gasteiger charge is -2.14. The van der Waals surface area contributed by atoms with E-state index in [4.69, 9.17) is 5.73 Å². The summed E-state index contributed by atoms with van der Waals surface area (Å²) >= 11 is 0. The van der Waals surface area contributed by atoms with Crippen molar-refractivity contribution < 1.29 is 14.0 Å². The molecule has 0 bridgehead atoms. The average Bonchev–Trinajstić information content (AvgIpc) is 2.17. The molecule has 3 nitrogen and oxygen atoms in total. The molecule has 1 aromatic rings. The van der Waals surface area contributed by atoms with E-state index in [2.05, 4.69) is 0 Å². The van der Waals surface area contributed by atoms with E-state index in [1.165, 1.54) is 12.1 Å². The van der Waals surface area contributed by atoms with Crippen molar-refractivity contribution in [3.8, 4) is 0 Å². The van der Waals surface area contributed by atoms with Gasteiger partial charge in [0.1, 0.15) is 0 Å². The summed E-state index contributed by atoms with van der Waals surface area (Å²) in [6.45, 7) is 0.866. The number of Topliss-reactive ketones (excluding diaryl/α,β-unsaturated/α-hetero) is 1. The maximum absolute atomic E-state index is 13.5. The molecule has 1 atom stereocenters. The second-order valence-electron chi connectivity index (χ2n) is 3.06. The molecular formula is C10H10FNO2. The number of hydrogen-bond donors (Lipinski definition) is 1. The molecule has 74 valence electrons. The van der Waals surface area contributed by atoms with Crippen molar-refractivity contribution in [3.63, 3.8) is 0 Å². The van der Waals surface area contributed by atoms with E-state index in [9.17, 15) is 14.0 Å². The lowest BCUT2D eigenvalue weighted by Crippen LogP contribution is -2.44. The van der Waals surface area contributed by atoms with Crippen molar-refractivity contribution in [2.45, 2.75) is 12.6 Å². The van der Waals surface area contributed by atoms with Crippen molar-refractivity contribution >= 4 is 11.7 Å². The van der Waals surface area contributed by atoms with Gasteiger partial charge in [0, 0.05) is 5.56 Å². The highest BCUT2D eigenvalue weighted by molar-refractivity contribution is 6.15. The highest BCUT2D eigenvalue weighted by atomic mass is 19.1. The minimum atomic E-state index is -2.64. The van der Waals surface area contributed by atoms with Gasteiger partial charge in [-0.1, -0.05) is 30.3 Å². The zero-order valence-electron chi connectivity index (χ0n) is 7.66. The van der Waals surface area contributed by atoms with Gasteiger partial charge in [-0.3, -0.25) is 9.59 Å². The standard InChI is InChI=1S/C10H10FNO2/c1-10(11,9(12)14)8(13)7-5-3-2-4-6-7/h2-6H,1H3,(H2,12,14). The molecule has 14 heavy (non-hydrogen) atoms. The molecule has 0 saturated carbocycles. The third-order valence-corrected chi connectivity index (χ3v) is 1.93. The number of rotatable bonds is 3. The van der Waals surface area contributed by atoms with Crippen LogP contribution in [0.3, 0.4) is 0 Å². The quantitative estimate of drug-likeness (QED) is 0.579. The molecule has 0 spiro atoms. The van der Waals surface area contributed by atoms with Gasteiger partial charge in [0.2, 0.25) is 11.5 Å². The van der Waals surface area contributed by atoms with Gasteiger partial charge in [0.25, 0.3) is 5.91 Å². The zero-order valence-corrected chi connectivity index (χ0v) is 7.66. The lowest BCUT2D eigenvalue weighted by molar-refractivity contribution is -0.125. The van der Waals surface area contributed by atoms with Crippen LogP contribution >= 0.6 is 0 Å². The monoisotopic (exact) mass is 195 g/mol. The number of hydrogen-bond acceptors (Lipinski definition) is 2. The number of halogens is 1. The van der Waals surface area contributed by atoms with E-state index >= 15 is 0 Å². The Labute approximate surface area is 80.7 Å². The minimum absolute atomic E-state index is 0.135.